The molecule has 2 aromatic carbocycles. The Morgan fingerprint density at radius 2 is 0.800 bits per heavy atom. The molecule has 25 heavy (non-hydrogen) atoms. The summed E-state index contributed by atoms with van der Waals surface area (Å²) in [5.74, 6) is -1.51. The SMILES string of the molecule is CC(C)(C)C(=O)O.CC(C)(C)C(=O)O.[Fe+2].c1cc[cH-]c1.c1cc[cH-]c1. The van der Waals surface area contributed by atoms with Crippen LogP contribution in [0.5, 0.6) is 0 Å². The van der Waals surface area contributed by atoms with Crippen molar-refractivity contribution in [3.8, 4) is 0 Å². The van der Waals surface area contributed by atoms with E-state index in [0.717, 1.165) is 0 Å². The summed E-state index contributed by atoms with van der Waals surface area (Å²) in [7, 11) is 0. The van der Waals surface area contributed by atoms with Gasteiger partial charge in [-0.05, 0) is 41.5 Å². The van der Waals surface area contributed by atoms with Gasteiger partial charge in [0, 0.05) is 0 Å². The molecule has 0 saturated carbocycles. The Bertz CT molecular complexity index is 430. The van der Waals surface area contributed by atoms with Crippen molar-refractivity contribution in [2.24, 2.45) is 10.8 Å². The zero-order chi connectivity index (χ0) is 19.2. The van der Waals surface area contributed by atoms with Crippen LogP contribution in [0.4, 0.5) is 0 Å². The van der Waals surface area contributed by atoms with Gasteiger partial charge in [0.2, 0.25) is 0 Å². The van der Waals surface area contributed by atoms with Gasteiger partial charge in [0.1, 0.15) is 0 Å². The molecule has 0 heterocycles. The van der Waals surface area contributed by atoms with Gasteiger partial charge >= 0.3 is 29.0 Å². The van der Waals surface area contributed by atoms with Gasteiger partial charge in [-0.2, -0.15) is 36.4 Å². The van der Waals surface area contributed by atoms with Crippen LogP contribution in [0.25, 0.3) is 0 Å². The fourth-order valence-corrected chi connectivity index (χ4v) is 0.642. The predicted molar refractivity (Wildman–Crippen MR) is 98.3 cm³/mol. The summed E-state index contributed by atoms with van der Waals surface area (Å²) in [6.07, 6.45) is 0. The Balaban J connectivity index is -0.000000257. The van der Waals surface area contributed by atoms with E-state index in [4.69, 9.17) is 10.2 Å². The summed E-state index contributed by atoms with van der Waals surface area (Å²) < 4.78 is 0. The van der Waals surface area contributed by atoms with E-state index in [1.54, 1.807) is 41.5 Å². The van der Waals surface area contributed by atoms with Crippen LogP contribution in [0.2, 0.25) is 0 Å². The summed E-state index contributed by atoms with van der Waals surface area (Å²) in [5, 5.41) is 16.5. The summed E-state index contributed by atoms with van der Waals surface area (Å²) in [5.41, 5.74) is -1.17. The maximum Gasteiger partial charge on any atom is 2.00 e. The average Bonchev–Trinajstić information content (AvgIpc) is 3.16. The monoisotopic (exact) mass is 390 g/mol. The summed E-state index contributed by atoms with van der Waals surface area (Å²) in [6, 6.07) is 20.0. The molecule has 0 saturated heterocycles. The Labute approximate surface area is 162 Å². The van der Waals surface area contributed by atoms with Crippen LogP contribution in [0.1, 0.15) is 41.5 Å². The molecule has 0 radical (unpaired) electrons. The molecule has 0 atom stereocenters. The third-order valence-electron chi connectivity index (χ3n) is 2.39. The largest absolute Gasteiger partial charge is 2.00 e. The zero-order valence-electron chi connectivity index (χ0n) is 15.8. The molecular formula is C20H30FeO4. The van der Waals surface area contributed by atoms with Gasteiger partial charge in [-0.1, -0.05) is 0 Å². The Kier molecular flexibility index (Phi) is 16.2. The fraction of sp³-hybridized carbons (Fsp3) is 0.400. The zero-order valence-corrected chi connectivity index (χ0v) is 16.9. The first-order valence-corrected chi connectivity index (χ1v) is 7.69. The minimum Gasteiger partial charge on any atom is -0.481 e. The Morgan fingerprint density at radius 1 is 0.640 bits per heavy atom. The standard InChI is InChI=1S/2C5H10O2.2C5H5.Fe/c2*1-5(2,3)4(6)7;2*1-2-4-5-3-1;/h2*1-3H3,(H,6,7);2*1-5H;/q;;2*-1;+2. The molecule has 142 valence electrons. The second-order valence-corrected chi connectivity index (χ2v) is 7.03. The van der Waals surface area contributed by atoms with Gasteiger partial charge < -0.3 is 10.2 Å². The van der Waals surface area contributed by atoms with Crippen LogP contribution in [0, 0.1) is 10.8 Å². The molecule has 0 bridgehead atoms. The van der Waals surface area contributed by atoms with E-state index >= 15 is 0 Å². The molecule has 0 aliphatic carbocycles. The molecule has 0 fully saturated rings. The van der Waals surface area contributed by atoms with Gasteiger partial charge in [0.15, 0.2) is 0 Å². The van der Waals surface area contributed by atoms with Gasteiger partial charge in [-0.25, -0.2) is 24.3 Å². The van der Waals surface area contributed by atoms with Crippen molar-refractivity contribution >= 4 is 11.9 Å². The van der Waals surface area contributed by atoms with Crippen molar-refractivity contribution in [3.05, 3.63) is 60.7 Å². The first-order valence-electron chi connectivity index (χ1n) is 7.69. The van der Waals surface area contributed by atoms with Crippen LogP contribution < -0.4 is 0 Å². The number of carboxylic acids is 2. The molecule has 0 aromatic heterocycles. The number of carboxylic acid groups (broad SMARTS) is 2. The second-order valence-electron chi connectivity index (χ2n) is 7.03. The molecule has 0 aliphatic heterocycles. The van der Waals surface area contributed by atoms with E-state index in [2.05, 4.69) is 0 Å². The normalized spacial score (nSPS) is 9.52. The quantitative estimate of drug-likeness (QED) is 0.488. The van der Waals surface area contributed by atoms with Crippen molar-refractivity contribution in [2.45, 2.75) is 41.5 Å². The summed E-state index contributed by atoms with van der Waals surface area (Å²) in [6.45, 7) is 9.97. The number of hydrogen-bond donors (Lipinski definition) is 2. The van der Waals surface area contributed by atoms with Crippen molar-refractivity contribution in [1.82, 2.24) is 0 Å². The molecular weight excluding hydrogens is 360 g/mol. The fourth-order valence-electron chi connectivity index (χ4n) is 0.642. The van der Waals surface area contributed by atoms with Gasteiger partial charge in [-0.3, -0.25) is 9.59 Å². The molecule has 2 aromatic rings. The Hall–Kier alpha value is -1.84. The number of hydrogen-bond acceptors (Lipinski definition) is 2. The molecule has 4 nitrogen and oxygen atoms in total. The van der Waals surface area contributed by atoms with Gasteiger partial charge in [-0.15, -0.1) is 0 Å². The van der Waals surface area contributed by atoms with Crippen molar-refractivity contribution in [2.75, 3.05) is 0 Å². The first-order chi connectivity index (χ1) is 10.9. The predicted octanol–water partition coefficient (Wildman–Crippen LogP) is 5.04. The van der Waals surface area contributed by atoms with E-state index in [9.17, 15) is 9.59 Å². The van der Waals surface area contributed by atoms with E-state index in [-0.39, 0.29) is 17.1 Å². The van der Waals surface area contributed by atoms with E-state index in [1.807, 2.05) is 60.7 Å². The Morgan fingerprint density at radius 3 is 0.840 bits per heavy atom. The number of aliphatic carboxylic acids is 2. The molecule has 2 rings (SSSR count). The van der Waals surface area contributed by atoms with E-state index < -0.39 is 22.8 Å². The maximum absolute atomic E-state index is 10.0. The minimum atomic E-state index is -0.757. The van der Waals surface area contributed by atoms with E-state index in [0.29, 0.717) is 0 Å². The van der Waals surface area contributed by atoms with Crippen LogP contribution in [-0.4, -0.2) is 22.2 Å². The van der Waals surface area contributed by atoms with Crippen LogP contribution in [0.15, 0.2) is 60.7 Å². The van der Waals surface area contributed by atoms with Gasteiger partial charge in [0.05, 0.1) is 10.8 Å². The number of carbonyl (C=O) groups is 2. The van der Waals surface area contributed by atoms with Crippen LogP contribution in [-0.2, 0) is 26.7 Å². The molecule has 2 N–H and O–H groups in total. The minimum absolute atomic E-state index is 0. The van der Waals surface area contributed by atoms with Crippen molar-refractivity contribution < 1.29 is 36.9 Å². The third kappa shape index (κ3) is 22.2. The van der Waals surface area contributed by atoms with Crippen molar-refractivity contribution in [3.63, 3.8) is 0 Å². The molecule has 0 amide bonds. The first kappa shape index (κ1) is 28.0. The summed E-state index contributed by atoms with van der Waals surface area (Å²) in [4.78, 5) is 20.0. The van der Waals surface area contributed by atoms with Crippen LogP contribution in [0.3, 0.4) is 0 Å². The number of rotatable bonds is 0. The maximum atomic E-state index is 10.0. The second kappa shape index (κ2) is 14.5. The average molecular weight is 390 g/mol. The topological polar surface area (TPSA) is 74.6 Å². The summed E-state index contributed by atoms with van der Waals surface area (Å²) >= 11 is 0. The van der Waals surface area contributed by atoms with Gasteiger partial charge in [0.25, 0.3) is 0 Å². The molecule has 0 unspecified atom stereocenters. The van der Waals surface area contributed by atoms with E-state index in [1.165, 1.54) is 0 Å². The third-order valence-corrected chi connectivity index (χ3v) is 2.39. The molecule has 0 spiro atoms. The molecule has 5 heteroatoms. The van der Waals surface area contributed by atoms with Crippen molar-refractivity contribution in [1.29, 1.82) is 0 Å². The van der Waals surface area contributed by atoms with Crippen LogP contribution >= 0.6 is 0 Å². The molecule has 0 aliphatic rings. The smallest absolute Gasteiger partial charge is 0.481 e.